The second-order valence-corrected chi connectivity index (χ2v) is 5.58. The van der Waals surface area contributed by atoms with Crippen LogP contribution in [0.5, 0.6) is 0 Å². The van der Waals surface area contributed by atoms with Crippen molar-refractivity contribution in [2.45, 2.75) is 11.8 Å². The Morgan fingerprint density at radius 2 is 2.35 bits per heavy atom. The van der Waals surface area contributed by atoms with Gasteiger partial charge in [-0.1, -0.05) is 17.7 Å². The lowest BCUT2D eigenvalue weighted by Crippen LogP contribution is -2.32. The molecule has 3 N–H and O–H groups in total. The van der Waals surface area contributed by atoms with Crippen molar-refractivity contribution in [1.29, 1.82) is 0 Å². The first-order valence-corrected chi connectivity index (χ1v) is 7.36. The molecule has 1 aromatic heterocycles. The second-order valence-electron chi connectivity index (χ2n) is 4.11. The van der Waals surface area contributed by atoms with Crippen LogP contribution < -0.4 is 5.73 Å². The second kappa shape index (κ2) is 6.78. The first-order chi connectivity index (χ1) is 9.56. The van der Waals surface area contributed by atoms with Crippen LogP contribution in [0.2, 0.25) is 5.02 Å². The maximum Gasteiger partial charge on any atom is 0.321 e. The van der Waals surface area contributed by atoms with Gasteiger partial charge in [-0.25, -0.2) is 4.98 Å². The molecule has 106 valence electrons. The molecule has 0 aliphatic carbocycles. The Labute approximate surface area is 125 Å². The van der Waals surface area contributed by atoms with Crippen LogP contribution >= 0.6 is 23.4 Å². The van der Waals surface area contributed by atoms with Crippen molar-refractivity contribution < 1.29 is 14.3 Å². The lowest BCUT2D eigenvalue weighted by Gasteiger charge is -2.03. The van der Waals surface area contributed by atoms with Crippen LogP contribution in [0.3, 0.4) is 0 Å². The predicted octanol–water partition coefficient (Wildman–Crippen LogP) is 2.64. The van der Waals surface area contributed by atoms with Crippen molar-refractivity contribution in [3.05, 3.63) is 41.2 Å². The van der Waals surface area contributed by atoms with Crippen LogP contribution in [-0.4, -0.2) is 27.9 Å². The Kier molecular flexibility index (Phi) is 5.05. The van der Waals surface area contributed by atoms with Crippen LogP contribution in [0.15, 0.2) is 34.9 Å². The van der Waals surface area contributed by atoms with Crippen LogP contribution in [0.1, 0.15) is 5.69 Å². The molecule has 0 saturated heterocycles. The Balaban J connectivity index is 1.94. The number of benzene rings is 1. The number of nitrogens with two attached hydrogens (primary N) is 1. The Morgan fingerprint density at radius 3 is 3.05 bits per heavy atom. The summed E-state index contributed by atoms with van der Waals surface area (Å²) in [5.74, 6) is 0.364. The number of nitrogens with zero attached hydrogens (tertiary/aromatic N) is 1. The summed E-state index contributed by atoms with van der Waals surface area (Å²) >= 11 is 7.31. The van der Waals surface area contributed by atoms with Crippen molar-refractivity contribution in [2.75, 3.05) is 5.75 Å². The van der Waals surface area contributed by atoms with Crippen LogP contribution in [0, 0.1) is 0 Å². The van der Waals surface area contributed by atoms with E-state index in [9.17, 15) is 4.79 Å². The van der Waals surface area contributed by atoms with Gasteiger partial charge in [0.2, 0.25) is 5.89 Å². The van der Waals surface area contributed by atoms with Crippen LogP contribution in [0.25, 0.3) is 11.5 Å². The summed E-state index contributed by atoms with van der Waals surface area (Å²) in [4.78, 5) is 14.9. The van der Waals surface area contributed by atoms with Gasteiger partial charge >= 0.3 is 5.97 Å². The van der Waals surface area contributed by atoms with Crippen molar-refractivity contribution in [3.8, 4) is 11.5 Å². The minimum absolute atomic E-state index is 0.328. The maximum atomic E-state index is 10.6. The number of thioether (sulfide) groups is 1. The molecule has 0 fully saturated rings. The minimum atomic E-state index is -1.00. The van der Waals surface area contributed by atoms with Gasteiger partial charge in [-0.2, -0.15) is 11.8 Å². The molecule has 1 aromatic carbocycles. The van der Waals surface area contributed by atoms with Gasteiger partial charge in [0.25, 0.3) is 0 Å². The summed E-state index contributed by atoms with van der Waals surface area (Å²) in [6.45, 7) is 0. The zero-order chi connectivity index (χ0) is 14.5. The van der Waals surface area contributed by atoms with E-state index >= 15 is 0 Å². The van der Waals surface area contributed by atoms with Gasteiger partial charge in [-0.05, 0) is 18.2 Å². The number of aromatic nitrogens is 1. The highest BCUT2D eigenvalue weighted by Gasteiger charge is 2.12. The summed E-state index contributed by atoms with van der Waals surface area (Å²) in [5, 5.41) is 9.29. The Morgan fingerprint density at radius 1 is 1.55 bits per heavy atom. The van der Waals surface area contributed by atoms with Gasteiger partial charge in [0.1, 0.15) is 12.3 Å². The van der Waals surface area contributed by atoms with Gasteiger partial charge < -0.3 is 15.3 Å². The largest absolute Gasteiger partial charge is 0.480 e. The normalized spacial score (nSPS) is 12.3. The molecule has 0 saturated carbocycles. The van der Waals surface area contributed by atoms with E-state index < -0.39 is 12.0 Å². The average Bonchev–Trinajstić information content (AvgIpc) is 2.87. The van der Waals surface area contributed by atoms with Gasteiger partial charge in [-0.3, -0.25) is 4.79 Å². The van der Waals surface area contributed by atoms with Gasteiger partial charge in [0.05, 0.1) is 5.69 Å². The van der Waals surface area contributed by atoms with Crippen molar-refractivity contribution in [1.82, 2.24) is 4.98 Å². The standard InChI is InChI=1S/C13H13ClN2O3S/c14-9-3-1-2-8(4-9)12-16-10(5-19-12)6-20-7-11(15)13(17)18/h1-5,11H,6-7,15H2,(H,17,18)/t11-/m0/s1. The van der Waals surface area contributed by atoms with E-state index in [2.05, 4.69) is 4.98 Å². The molecule has 0 aliphatic rings. The number of halogens is 1. The zero-order valence-corrected chi connectivity index (χ0v) is 12.0. The summed E-state index contributed by atoms with van der Waals surface area (Å²) in [5.41, 5.74) is 6.95. The summed E-state index contributed by atoms with van der Waals surface area (Å²) in [7, 11) is 0. The quantitative estimate of drug-likeness (QED) is 0.852. The van der Waals surface area contributed by atoms with Gasteiger partial charge in [-0.15, -0.1) is 0 Å². The van der Waals surface area contributed by atoms with E-state index in [1.165, 1.54) is 11.8 Å². The zero-order valence-electron chi connectivity index (χ0n) is 10.5. The third-order valence-electron chi connectivity index (χ3n) is 2.49. The van der Waals surface area contributed by atoms with Gasteiger partial charge in [0, 0.05) is 22.1 Å². The molecule has 2 rings (SSSR count). The fraction of sp³-hybridized carbons (Fsp3) is 0.231. The highest BCUT2D eigenvalue weighted by Crippen LogP contribution is 2.23. The first-order valence-electron chi connectivity index (χ1n) is 5.82. The predicted molar refractivity (Wildman–Crippen MR) is 78.7 cm³/mol. The van der Waals surface area contributed by atoms with E-state index in [0.29, 0.717) is 22.4 Å². The number of hydrogen-bond donors (Lipinski definition) is 2. The molecule has 0 unspecified atom stereocenters. The Hall–Kier alpha value is -1.50. The van der Waals surface area contributed by atoms with E-state index in [4.69, 9.17) is 26.9 Å². The Bertz CT molecular complexity index is 603. The molecule has 1 atom stereocenters. The number of hydrogen-bond acceptors (Lipinski definition) is 5. The van der Waals surface area contributed by atoms with E-state index in [0.717, 1.165) is 11.3 Å². The molecule has 1 heterocycles. The smallest absolute Gasteiger partial charge is 0.321 e. The molecule has 20 heavy (non-hydrogen) atoms. The SMILES string of the molecule is N[C@@H](CSCc1coc(-c2cccc(Cl)c2)n1)C(=O)O. The third-order valence-corrected chi connectivity index (χ3v) is 3.82. The molecule has 5 nitrogen and oxygen atoms in total. The maximum absolute atomic E-state index is 10.6. The number of carboxylic acid groups (broad SMARTS) is 1. The van der Waals surface area contributed by atoms with Crippen LogP contribution in [0.4, 0.5) is 0 Å². The fourth-order valence-corrected chi connectivity index (χ4v) is 2.54. The number of rotatable bonds is 6. The fourth-order valence-electron chi connectivity index (χ4n) is 1.49. The summed E-state index contributed by atoms with van der Waals surface area (Å²) in [6, 6.07) is 6.36. The molecule has 0 bridgehead atoms. The third kappa shape index (κ3) is 4.00. The number of aliphatic carboxylic acids is 1. The minimum Gasteiger partial charge on any atom is -0.480 e. The molecule has 0 amide bonds. The average molecular weight is 313 g/mol. The highest BCUT2D eigenvalue weighted by atomic mass is 35.5. The van der Waals surface area contributed by atoms with Gasteiger partial charge in [0.15, 0.2) is 0 Å². The monoisotopic (exact) mass is 312 g/mol. The first kappa shape index (κ1) is 14.9. The molecular formula is C13H13ClN2O3S. The molecule has 0 radical (unpaired) electrons. The molecule has 0 spiro atoms. The number of oxazole rings is 1. The van der Waals surface area contributed by atoms with Crippen molar-refractivity contribution >= 4 is 29.3 Å². The lowest BCUT2D eigenvalue weighted by molar-refractivity contribution is -0.137. The van der Waals surface area contributed by atoms with E-state index in [1.54, 1.807) is 18.4 Å². The van der Waals surface area contributed by atoms with E-state index in [-0.39, 0.29) is 0 Å². The number of carbonyl (C=O) groups is 1. The van der Waals surface area contributed by atoms with Crippen molar-refractivity contribution in [3.63, 3.8) is 0 Å². The summed E-state index contributed by atoms with van der Waals surface area (Å²) in [6.07, 6.45) is 1.55. The number of carboxylic acids is 1. The highest BCUT2D eigenvalue weighted by molar-refractivity contribution is 7.98. The summed E-state index contributed by atoms with van der Waals surface area (Å²) < 4.78 is 5.38. The topological polar surface area (TPSA) is 89.4 Å². The molecule has 0 aliphatic heterocycles. The molecular weight excluding hydrogens is 300 g/mol. The van der Waals surface area contributed by atoms with Crippen LogP contribution in [-0.2, 0) is 10.5 Å². The van der Waals surface area contributed by atoms with E-state index in [1.807, 2.05) is 12.1 Å². The molecule has 7 heteroatoms. The molecule has 2 aromatic rings. The lowest BCUT2D eigenvalue weighted by atomic mass is 10.2. The van der Waals surface area contributed by atoms with Crippen molar-refractivity contribution in [2.24, 2.45) is 5.73 Å².